The average molecular weight is 635 g/mol. The second-order valence-corrected chi connectivity index (χ2v) is 12.9. The molecule has 0 spiro atoms. The largest absolute Gasteiger partial charge is 0.496 e. The normalized spacial score (nSPS) is 16.5. The number of imidazole rings is 1. The highest BCUT2D eigenvalue weighted by Gasteiger charge is 2.33. The molecule has 1 aliphatic carbocycles. The predicted molar refractivity (Wildman–Crippen MR) is 169 cm³/mol. The van der Waals surface area contributed by atoms with Crippen molar-refractivity contribution >= 4 is 56.4 Å². The maximum absolute atomic E-state index is 13.7. The number of thiazole rings is 1. The van der Waals surface area contributed by atoms with E-state index < -0.39 is 36.2 Å². The molecule has 1 saturated carbocycles. The van der Waals surface area contributed by atoms with Gasteiger partial charge in [0.25, 0.3) is 0 Å². The van der Waals surface area contributed by atoms with Crippen LogP contribution in [0.15, 0.2) is 42.0 Å². The number of nitrogens with one attached hydrogen (secondary N) is 2. The maximum atomic E-state index is 13.7. The fourth-order valence-electron chi connectivity index (χ4n) is 5.98. The molecule has 3 atom stereocenters. The summed E-state index contributed by atoms with van der Waals surface area (Å²) < 4.78 is 12.3. The van der Waals surface area contributed by atoms with E-state index in [1.165, 1.54) is 17.5 Å². The Morgan fingerprint density at radius 2 is 2.02 bits per heavy atom. The van der Waals surface area contributed by atoms with Gasteiger partial charge in [0, 0.05) is 47.2 Å². The molecule has 4 aromatic rings. The Morgan fingerprint density at radius 3 is 2.78 bits per heavy atom. The molecule has 11 nitrogen and oxygen atoms in total. The minimum absolute atomic E-state index is 0.0625. The third-order valence-corrected chi connectivity index (χ3v) is 9.08. The summed E-state index contributed by atoms with van der Waals surface area (Å²) in [5.74, 6) is -2.23. The van der Waals surface area contributed by atoms with Gasteiger partial charge in [-0.25, -0.2) is 9.78 Å². The van der Waals surface area contributed by atoms with Crippen LogP contribution in [0, 0.1) is 17.8 Å². The highest BCUT2D eigenvalue weighted by molar-refractivity contribution is 7.15. The molecular formula is C33H38N4O7S. The van der Waals surface area contributed by atoms with Gasteiger partial charge in [-0.2, -0.15) is 0 Å². The number of benzene rings is 1. The lowest BCUT2D eigenvalue weighted by molar-refractivity contribution is -0.133. The number of carbonyl (C=O) groups excluding carboxylic acids is 5. The van der Waals surface area contributed by atoms with E-state index in [4.69, 9.17) is 9.47 Å². The zero-order valence-corrected chi connectivity index (χ0v) is 26.5. The van der Waals surface area contributed by atoms with Gasteiger partial charge in [-0.1, -0.05) is 26.3 Å². The van der Waals surface area contributed by atoms with Gasteiger partial charge in [0.15, 0.2) is 28.8 Å². The van der Waals surface area contributed by atoms with Crippen LogP contribution in [-0.2, 0) is 19.1 Å². The van der Waals surface area contributed by atoms with Crippen molar-refractivity contribution in [1.29, 1.82) is 0 Å². The van der Waals surface area contributed by atoms with Crippen LogP contribution in [-0.4, -0.2) is 63.4 Å². The Kier molecular flexibility index (Phi) is 10.1. The molecule has 0 unspecified atom stereocenters. The molecule has 238 valence electrons. The van der Waals surface area contributed by atoms with Crippen molar-refractivity contribution in [3.05, 3.63) is 53.4 Å². The molecule has 2 N–H and O–H groups in total. The van der Waals surface area contributed by atoms with Gasteiger partial charge in [-0.05, 0) is 49.8 Å². The number of rotatable bonds is 14. The van der Waals surface area contributed by atoms with Gasteiger partial charge in [0.05, 0.1) is 25.0 Å². The Balaban J connectivity index is 1.31. The number of hydrogen-bond acceptors (Lipinski definition) is 9. The molecule has 3 aromatic heterocycles. The number of aromatic amines is 1. The molecule has 3 heterocycles. The van der Waals surface area contributed by atoms with Crippen molar-refractivity contribution in [2.45, 2.75) is 64.8 Å². The summed E-state index contributed by atoms with van der Waals surface area (Å²) in [6.45, 7) is 3.34. The maximum Gasteiger partial charge on any atom is 0.357 e. The fraction of sp³-hybridized carbons (Fsp3) is 0.455. The highest BCUT2D eigenvalue weighted by Crippen LogP contribution is 2.29. The van der Waals surface area contributed by atoms with Crippen LogP contribution in [0.5, 0.6) is 5.75 Å². The number of carbonyl (C=O) groups is 5. The quantitative estimate of drug-likeness (QED) is 0.142. The number of Topliss-reactive ketones (excluding diaryl/α,β-unsaturated/α-hetero) is 3. The molecule has 5 rings (SSSR count). The molecule has 1 fully saturated rings. The highest BCUT2D eigenvalue weighted by atomic mass is 32.1. The predicted octanol–water partition coefficient (Wildman–Crippen LogP) is 5.18. The van der Waals surface area contributed by atoms with Gasteiger partial charge in [-0.3, -0.25) is 23.6 Å². The van der Waals surface area contributed by atoms with E-state index in [9.17, 15) is 24.0 Å². The average Bonchev–Trinajstić information content (AvgIpc) is 3.76. The van der Waals surface area contributed by atoms with E-state index >= 15 is 0 Å². The van der Waals surface area contributed by atoms with E-state index in [1.54, 1.807) is 29.2 Å². The molecule has 0 aliphatic heterocycles. The molecular weight excluding hydrogens is 596 g/mol. The van der Waals surface area contributed by atoms with Gasteiger partial charge >= 0.3 is 5.97 Å². The Hall–Kier alpha value is -4.32. The van der Waals surface area contributed by atoms with Crippen molar-refractivity contribution < 1.29 is 33.4 Å². The van der Waals surface area contributed by atoms with Crippen LogP contribution in [0.3, 0.4) is 0 Å². The number of methoxy groups -OCH3 is 1. The minimum Gasteiger partial charge on any atom is -0.496 e. The van der Waals surface area contributed by atoms with Crippen LogP contribution >= 0.6 is 11.3 Å². The third kappa shape index (κ3) is 7.50. The van der Waals surface area contributed by atoms with Crippen molar-refractivity contribution in [2.24, 2.45) is 17.8 Å². The summed E-state index contributed by atoms with van der Waals surface area (Å²) in [5, 5.41) is 5.39. The van der Waals surface area contributed by atoms with Gasteiger partial charge in [0.1, 0.15) is 11.5 Å². The molecule has 0 radical (unpaired) electrons. The first kappa shape index (κ1) is 32.1. The Bertz CT molecular complexity index is 1720. The molecule has 0 bridgehead atoms. The third-order valence-electron chi connectivity index (χ3n) is 8.31. The van der Waals surface area contributed by atoms with Gasteiger partial charge in [-0.15, -0.1) is 11.3 Å². The first-order valence-corrected chi connectivity index (χ1v) is 16.1. The van der Waals surface area contributed by atoms with Gasteiger partial charge < -0.3 is 19.8 Å². The van der Waals surface area contributed by atoms with E-state index in [1.807, 2.05) is 32.0 Å². The Labute approximate surface area is 264 Å². The summed E-state index contributed by atoms with van der Waals surface area (Å²) in [7, 11) is 1.56. The first-order valence-electron chi connectivity index (χ1n) is 15.3. The zero-order chi connectivity index (χ0) is 32.1. The summed E-state index contributed by atoms with van der Waals surface area (Å²) >= 11 is 1.36. The lowest BCUT2D eigenvalue weighted by atomic mass is 9.82. The number of hydrogen-bond donors (Lipinski definition) is 2. The number of ketones is 3. The van der Waals surface area contributed by atoms with Crippen LogP contribution in [0.1, 0.15) is 79.8 Å². The van der Waals surface area contributed by atoms with Crippen molar-refractivity contribution in [1.82, 2.24) is 19.7 Å². The topological polar surface area (TPSA) is 149 Å². The smallest absolute Gasteiger partial charge is 0.357 e. The number of H-pyrrole nitrogens is 1. The number of esters is 1. The number of nitrogens with zero attached hydrogens (tertiary/aromatic N) is 2. The van der Waals surface area contributed by atoms with E-state index in [0.717, 1.165) is 23.7 Å². The molecule has 1 aliphatic rings. The summed E-state index contributed by atoms with van der Waals surface area (Å²) in [5.41, 5.74) is 1.30. The summed E-state index contributed by atoms with van der Waals surface area (Å²) in [4.78, 5) is 74.0. The molecule has 45 heavy (non-hydrogen) atoms. The summed E-state index contributed by atoms with van der Waals surface area (Å²) in [6.07, 6.45) is 6.25. The molecule has 1 aromatic carbocycles. The first-order chi connectivity index (χ1) is 21.6. The standard InChI is InChI=1S/C33H38N4O7S/c1-19(2)13-21(15-28(39)25-16-22-23(35-25)8-6-10-30(22)43-3)31(41)36-24(14-20-7-4-5-9-27(20)38)29(40)18-44-32(42)26-17-34-33-37(26)11-12-45-33/h6,8,10-12,16-17,19-21,24,35H,4-5,7,9,13-15,18H2,1-3H3,(H,36,41)/t20-,21+,24-/m0/s1. The van der Waals surface area contributed by atoms with E-state index in [-0.39, 0.29) is 41.9 Å². The minimum atomic E-state index is -1.05. The van der Waals surface area contributed by atoms with Crippen LogP contribution in [0.25, 0.3) is 15.9 Å². The molecule has 1 amide bonds. The lowest BCUT2D eigenvalue weighted by Crippen LogP contribution is -2.47. The second-order valence-electron chi connectivity index (χ2n) is 12.0. The van der Waals surface area contributed by atoms with Crippen molar-refractivity contribution in [3.8, 4) is 5.75 Å². The number of aromatic nitrogens is 3. The van der Waals surface area contributed by atoms with Crippen molar-refractivity contribution in [2.75, 3.05) is 13.7 Å². The van der Waals surface area contributed by atoms with E-state index in [0.29, 0.717) is 35.7 Å². The lowest BCUT2D eigenvalue weighted by Gasteiger charge is -2.27. The number of fused-ring (bicyclic) bond motifs is 2. The summed E-state index contributed by atoms with van der Waals surface area (Å²) in [6, 6.07) is 6.15. The SMILES string of the molecule is COc1cccc2[nH]c(C(=O)C[C@@H](CC(C)C)C(=O)N[C@@H](C[C@@H]3CCCCC3=O)C(=O)COC(=O)c3cnc4sccn34)cc12. The van der Waals surface area contributed by atoms with Crippen LogP contribution < -0.4 is 10.1 Å². The fourth-order valence-corrected chi connectivity index (χ4v) is 6.67. The molecule has 0 saturated heterocycles. The van der Waals surface area contributed by atoms with Crippen molar-refractivity contribution in [3.63, 3.8) is 0 Å². The Morgan fingerprint density at radius 1 is 1.20 bits per heavy atom. The van der Waals surface area contributed by atoms with Crippen LogP contribution in [0.4, 0.5) is 0 Å². The van der Waals surface area contributed by atoms with E-state index in [2.05, 4.69) is 15.3 Å². The van der Waals surface area contributed by atoms with Gasteiger partial charge in [0.2, 0.25) is 5.91 Å². The molecule has 12 heteroatoms. The van der Waals surface area contributed by atoms with Crippen LogP contribution in [0.2, 0.25) is 0 Å². The number of ether oxygens (including phenoxy) is 2. The monoisotopic (exact) mass is 634 g/mol. The second kappa shape index (κ2) is 14.2. The zero-order valence-electron chi connectivity index (χ0n) is 25.7. The number of amides is 1.